The van der Waals surface area contributed by atoms with Gasteiger partial charge in [0.25, 0.3) is 0 Å². The molecular weight excluding hydrogens is 597 g/mol. The molecule has 8 N–H and O–H groups in total. The number of unbranched alkanes of at least 4 members (excludes halogenated alkanes) is 2. The maximum atomic E-state index is 13.3. The van der Waals surface area contributed by atoms with Crippen molar-refractivity contribution in [3.63, 3.8) is 0 Å². The smallest absolute Gasteiger partial charge is 0.246 e. The van der Waals surface area contributed by atoms with E-state index in [1.54, 1.807) is 0 Å². The normalized spacial score (nSPS) is 13.2. The first kappa shape index (κ1) is 36.1. The van der Waals surface area contributed by atoms with Crippen molar-refractivity contribution in [2.24, 2.45) is 11.7 Å². The molecule has 0 saturated carbocycles. The third-order valence-electron chi connectivity index (χ3n) is 6.50. The number of hydrogen-bond acceptors (Lipinski definition) is 10. The van der Waals surface area contributed by atoms with Crippen molar-refractivity contribution in [1.29, 1.82) is 0 Å². The van der Waals surface area contributed by atoms with E-state index in [0.29, 0.717) is 38.0 Å². The van der Waals surface area contributed by atoms with Gasteiger partial charge in [-0.1, -0.05) is 39.3 Å². The molecule has 0 spiro atoms. The van der Waals surface area contributed by atoms with Crippen LogP contribution in [0.1, 0.15) is 64.9 Å². The second kappa shape index (κ2) is 19.2. The summed E-state index contributed by atoms with van der Waals surface area (Å²) in [5, 5.41) is 23.4. The summed E-state index contributed by atoms with van der Waals surface area (Å²) in [5.41, 5.74) is 7.07. The zero-order chi connectivity index (χ0) is 31.8. The summed E-state index contributed by atoms with van der Waals surface area (Å²) in [5.74, 6) is -1.02. The first-order chi connectivity index (χ1) is 20.5. The maximum absolute atomic E-state index is 13.3. The lowest BCUT2D eigenvalue weighted by atomic mass is 10.0. The lowest BCUT2D eigenvalue weighted by molar-refractivity contribution is -0.132. The van der Waals surface area contributed by atoms with Crippen LogP contribution in [0.5, 0.6) is 0 Å². The second-order valence-electron chi connectivity index (χ2n) is 10.4. The molecule has 0 fully saturated rings. The fourth-order valence-electron chi connectivity index (χ4n) is 4.11. The van der Waals surface area contributed by atoms with Gasteiger partial charge in [0.15, 0.2) is 6.35 Å². The van der Waals surface area contributed by atoms with E-state index in [2.05, 4.69) is 41.5 Å². The Balaban J connectivity index is 1.88. The van der Waals surface area contributed by atoms with E-state index in [1.165, 1.54) is 0 Å². The van der Waals surface area contributed by atoms with Gasteiger partial charge in [-0.2, -0.15) is 15.0 Å². The SMILES string of the molecule is CCc1ccc(NC(=O)[C@H](CCCNC(N)O)NC(=O)[C@@H](NC(=O)CCCCCNc2nc(Cl)nc(Cl)n2)C(C)C)cc1. The van der Waals surface area contributed by atoms with Crippen molar-refractivity contribution in [2.75, 3.05) is 23.7 Å². The Labute approximate surface area is 262 Å². The topological polar surface area (TPSA) is 196 Å². The predicted molar refractivity (Wildman–Crippen MR) is 167 cm³/mol. The molecule has 1 heterocycles. The highest BCUT2D eigenvalue weighted by Gasteiger charge is 2.28. The number of anilines is 2. The lowest BCUT2D eigenvalue weighted by Gasteiger charge is -2.25. The molecule has 3 atom stereocenters. The minimum absolute atomic E-state index is 0.00000725. The van der Waals surface area contributed by atoms with Crippen molar-refractivity contribution < 1.29 is 19.5 Å². The second-order valence-corrected chi connectivity index (χ2v) is 11.0. The van der Waals surface area contributed by atoms with Gasteiger partial charge in [0.2, 0.25) is 34.2 Å². The molecule has 1 aromatic heterocycles. The summed E-state index contributed by atoms with van der Waals surface area (Å²) in [6, 6.07) is 5.79. The van der Waals surface area contributed by atoms with E-state index in [-0.39, 0.29) is 40.7 Å². The molecule has 0 saturated heterocycles. The van der Waals surface area contributed by atoms with Crippen LogP contribution in [0.25, 0.3) is 0 Å². The number of aliphatic hydroxyl groups is 1. The van der Waals surface area contributed by atoms with Gasteiger partial charge in [0, 0.05) is 18.7 Å². The molecule has 0 aliphatic heterocycles. The van der Waals surface area contributed by atoms with Crippen molar-refractivity contribution >= 4 is 52.6 Å². The molecule has 2 aromatic rings. The number of carbonyl (C=O) groups is 3. The number of nitrogens with zero attached hydrogens (tertiary/aromatic N) is 3. The van der Waals surface area contributed by atoms with Crippen LogP contribution in [0.3, 0.4) is 0 Å². The zero-order valence-electron chi connectivity index (χ0n) is 24.8. The van der Waals surface area contributed by atoms with E-state index in [1.807, 2.05) is 45.0 Å². The van der Waals surface area contributed by atoms with Gasteiger partial charge in [-0.15, -0.1) is 0 Å². The van der Waals surface area contributed by atoms with Crippen molar-refractivity contribution in [2.45, 2.75) is 84.2 Å². The Bertz CT molecular complexity index is 1150. The average Bonchev–Trinajstić information content (AvgIpc) is 2.94. The van der Waals surface area contributed by atoms with E-state index in [4.69, 9.17) is 28.9 Å². The number of aromatic nitrogens is 3. The molecule has 1 aromatic carbocycles. The number of aryl methyl sites for hydroxylation is 1. The van der Waals surface area contributed by atoms with Gasteiger partial charge in [-0.05, 0) is 85.5 Å². The monoisotopic (exact) mass is 639 g/mol. The van der Waals surface area contributed by atoms with Crippen LogP contribution in [-0.4, -0.2) is 69.3 Å². The number of rotatable bonds is 19. The summed E-state index contributed by atoms with van der Waals surface area (Å²) in [6.07, 6.45) is 2.80. The Morgan fingerprint density at radius 3 is 2.19 bits per heavy atom. The molecule has 15 heteroatoms. The molecule has 0 bridgehead atoms. The van der Waals surface area contributed by atoms with E-state index < -0.39 is 24.3 Å². The van der Waals surface area contributed by atoms with Crippen LogP contribution < -0.4 is 32.3 Å². The first-order valence-electron chi connectivity index (χ1n) is 14.5. The largest absolute Gasteiger partial charge is 0.366 e. The lowest BCUT2D eigenvalue weighted by Crippen LogP contribution is -2.54. The van der Waals surface area contributed by atoms with Gasteiger partial charge >= 0.3 is 0 Å². The predicted octanol–water partition coefficient (Wildman–Crippen LogP) is 2.58. The number of hydrogen-bond donors (Lipinski definition) is 7. The minimum atomic E-state index is -1.18. The molecule has 13 nitrogen and oxygen atoms in total. The molecule has 0 aliphatic rings. The Hall–Kier alpha value is -3.10. The minimum Gasteiger partial charge on any atom is -0.366 e. The average molecular weight is 641 g/mol. The highest BCUT2D eigenvalue weighted by atomic mass is 35.5. The number of amides is 3. The third-order valence-corrected chi connectivity index (χ3v) is 6.83. The molecule has 238 valence electrons. The summed E-state index contributed by atoms with van der Waals surface area (Å²) in [7, 11) is 0. The number of benzene rings is 1. The van der Waals surface area contributed by atoms with Crippen LogP contribution in [0.4, 0.5) is 11.6 Å². The highest BCUT2D eigenvalue weighted by Crippen LogP contribution is 2.13. The van der Waals surface area contributed by atoms with Gasteiger partial charge in [-0.25, -0.2) is 0 Å². The van der Waals surface area contributed by atoms with Crippen molar-refractivity contribution in [3.05, 3.63) is 40.4 Å². The van der Waals surface area contributed by atoms with E-state index in [0.717, 1.165) is 24.8 Å². The molecule has 1 unspecified atom stereocenters. The Morgan fingerprint density at radius 1 is 0.907 bits per heavy atom. The summed E-state index contributed by atoms with van der Waals surface area (Å²) in [6.45, 7) is 6.60. The number of nitrogens with two attached hydrogens (primary N) is 1. The van der Waals surface area contributed by atoms with Crippen LogP contribution in [-0.2, 0) is 20.8 Å². The maximum Gasteiger partial charge on any atom is 0.246 e. The molecule has 3 amide bonds. The van der Waals surface area contributed by atoms with Crippen LogP contribution in [0.2, 0.25) is 10.6 Å². The quantitative estimate of drug-likeness (QED) is 0.0886. The van der Waals surface area contributed by atoms with Gasteiger partial charge in [0.1, 0.15) is 12.1 Å². The summed E-state index contributed by atoms with van der Waals surface area (Å²) < 4.78 is 0. The van der Waals surface area contributed by atoms with Crippen LogP contribution >= 0.6 is 23.2 Å². The zero-order valence-corrected chi connectivity index (χ0v) is 26.3. The summed E-state index contributed by atoms with van der Waals surface area (Å²) in [4.78, 5) is 50.7. The standard InChI is InChI=1S/C28H43Cl2N9O4/c1-4-18-11-13-19(14-12-18)34-23(41)20(9-8-16-32-27(31)43)35-24(42)22(17(2)3)36-21(40)10-6-5-7-15-33-28-38-25(29)37-26(30)39-28/h11-14,17,20,22,27,32,43H,4-10,15-16,31H2,1-3H3,(H,34,41)(H,35,42)(H,36,40)(H,33,37,38,39)/t20-,22-,27?/m0/s1. The van der Waals surface area contributed by atoms with Crippen LogP contribution in [0, 0.1) is 5.92 Å². The molecule has 43 heavy (non-hydrogen) atoms. The highest BCUT2D eigenvalue weighted by molar-refractivity contribution is 6.31. The van der Waals surface area contributed by atoms with Gasteiger partial charge < -0.3 is 26.4 Å². The Kier molecular flexibility index (Phi) is 16.1. The molecular formula is C28H43Cl2N9O4. The van der Waals surface area contributed by atoms with Crippen molar-refractivity contribution in [1.82, 2.24) is 30.9 Å². The number of aliphatic hydroxyl groups excluding tert-OH is 1. The first-order valence-corrected chi connectivity index (χ1v) is 15.2. The third kappa shape index (κ3) is 14.3. The number of carbonyl (C=O) groups excluding carboxylic acids is 3. The van der Waals surface area contributed by atoms with Gasteiger partial charge in [0.05, 0.1) is 0 Å². The molecule has 2 rings (SSSR count). The number of nitrogens with one attached hydrogen (secondary N) is 5. The van der Waals surface area contributed by atoms with E-state index in [9.17, 15) is 19.5 Å². The Morgan fingerprint density at radius 2 is 1.58 bits per heavy atom. The molecule has 0 radical (unpaired) electrons. The number of halogens is 2. The fourth-order valence-corrected chi connectivity index (χ4v) is 4.48. The van der Waals surface area contributed by atoms with Crippen LogP contribution in [0.15, 0.2) is 24.3 Å². The van der Waals surface area contributed by atoms with Gasteiger partial charge in [-0.3, -0.25) is 25.4 Å². The summed E-state index contributed by atoms with van der Waals surface area (Å²) >= 11 is 11.5. The molecule has 0 aliphatic carbocycles. The van der Waals surface area contributed by atoms with Crippen molar-refractivity contribution in [3.8, 4) is 0 Å². The van der Waals surface area contributed by atoms with E-state index >= 15 is 0 Å². The fraction of sp³-hybridized carbons (Fsp3) is 0.571.